The van der Waals surface area contributed by atoms with Gasteiger partial charge in [-0.25, -0.2) is 15.0 Å². The van der Waals surface area contributed by atoms with Crippen LogP contribution >= 0.6 is 11.3 Å². The van der Waals surface area contributed by atoms with Gasteiger partial charge in [0.05, 0.1) is 15.7 Å². The van der Waals surface area contributed by atoms with Crippen LogP contribution < -0.4 is 10.6 Å². The van der Waals surface area contributed by atoms with E-state index in [1.165, 1.54) is 17.7 Å². The number of rotatable bonds is 6. The zero-order chi connectivity index (χ0) is 17.8. The summed E-state index contributed by atoms with van der Waals surface area (Å²) in [7, 11) is 0. The average molecular weight is 364 g/mol. The molecular weight excluding hydrogens is 348 g/mol. The van der Waals surface area contributed by atoms with Gasteiger partial charge in [-0.1, -0.05) is 0 Å². The molecule has 3 heterocycles. The molecule has 0 fully saturated rings. The molecule has 0 spiro atoms. The summed E-state index contributed by atoms with van der Waals surface area (Å²) >= 11 is 1.53. The van der Waals surface area contributed by atoms with Crippen LogP contribution in [0.15, 0.2) is 60.6 Å². The molecule has 0 atom stereocenters. The van der Waals surface area contributed by atoms with Crippen molar-refractivity contribution in [3.8, 4) is 5.82 Å². The molecule has 1 amide bonds. The van der Waals surface area contributed by atoms with E-state index in [2.05, 4.69) is 25.6 Å². The molecule has 8 heteroatoms. The Morgan fingerprint density at radius 2 is 1.96 bits per heavy atom. The minimum atomic E-state index is -0.0992. The first-order valence-corrected chi connectivity index (χ1v) is 8.98. The van der Waals surface area contributed by atoms with Gasteiger partial charge >= 0.3 is 0 Å². The normalized spacial score (nSPS) is 10.8. The molecule has 1 aromatic carbocycles. The summed E-state index contributed by atoms with van der Waals surface area (Å²) in [6, 6.07) is 11.3. The Kier molecular flexibility index (Phi) is 4.57. The van der Waals surface area contributed by atoms with E-state index >= 15 is 0 Å². The first-order chi connectivity index (χ1) is 12.8. The Morgan fingerprint density at radius 3 is 2.85 bits per heavy atom. The summed E-state index contributed by atoms with van der Waals surface area (Å²) in [6.45, 7) is 1.05. The first kappa shape index (κ1) is 16.2. The van der Waals surface area contributed by atoms with Crippen molar-refractivity contribution in [3.63, 3.8) is 0 Å². The second-order valence-corrected chi connectivity index (χ2v) is 6.46. The van der Waals surface area contributed by atoms with Gasteiger partial charge in [-0.05, 0) is 30.3 Å². The van der Waals surface area contributed by atoms with Crippen LogP contribution in [0.1, 0.15) is 10.4 Å². The number of benzene rings is 1. The highest BCUT2D eigenvalue weighted by Crippen LogP contribution is 2.18. The molecule has 0 aliphatic heterocycles. The fourth-order valence-corrected chi connectivity index (χ4v) is 3.25. The molecule has 3 aromatic heterocycles. The van der Waals surface area contributed by atoms with Gasteiger partial charge in [0, 0.05) is 37.1 Å². The smallest absolute Gasteiger partial charge is 0.251 e. The van der Waals surface area contributed by atoms with Crippen LogP contribution in [-0.2, 0) is 0 Å². The number of hydrogen-bond acceptors (Lipinski definition) is 6. The number of fused-ring (bicyclic) bond motifs is 1. The van der Waals surface area contributed by atoms with Gasteiger partial charge in [-0.3, -0.25) is 4.79 Å². The molecule has 0 aliphatic rings. The van der Waals surface area contributed by atoms with Gasteiger partial charge in [0.15, 0.2) is 0 Å². The molecule has 7 nitrogen and oxygen atoms in total. The van der Waals surface area contributed by atoms with Gasteiger partial charge < -0.3 is 15.2 Å². The van der Waals surface area contributed by atoms with Crippen LogP contribution in [-0.4, -0.2) is 38.5 Å². The van der Waals surface area contributed by atoms with E-state index in [0.29, 0.717) is 24.5 Å². The third kappa shape index (κ3) is 3.55. The monoisotopic (exact) mass is 364 g/mol. The Labute approximate surface area is 153 Å². The van der Waals surface area contributed by atoms with E-state index in [-0.39, 0.29) is 5.91 Å². The molecule has 130 valence electrons. The number of hydrogen-bond donors (Lipinski definition) is 2. The fraction of sp³-hybridized carbons (Fsp3) is 0.111. The van der Waals surface area contributed by atoms with Crippen molar-refractivity contribution in [2.45, 2.75) is 0 Å². The van der Waals surface area contributed by atoms with E-state index in [1.807, 2.05) is 47.3 Å². The third-order valence-electron chi connectivity index (χ3n) is 3.83. The van der Waals surface area contributed by atoms with Crippen molar-refractivity contribution in [3.05, 3.63) is 66.2 Å². The van der Waals surface area contributed by atoms with Gasteiger partial charge in [0.1, 0.15) is 18.0 Å². The third-order valence-corrected chi connectivity index (χ3v) is 4.62. The van der Waals surface area contributed by atoms with Crippen molar-refractivity contribution in [2.24, 2.45) is 0 Å². The molecule has 26 heavy (non-hydrogen) atoms. The van der Waals surface area contributed by atoms with Gasteiger partial charge in [0.2, 0.25) is 0 Å². The maximum absolute atomic E-state index is 12.2. The van der Waals surface area contributed by atoms with Crippen LogP contribution in [0.5, 0.6) is 0 Å². The minimum Gasteiger partial charge on any atom is -0.368 e. The fourth-order valence-electron chi connectivity index (χ4n) is 2.54. The summed E-state index contributed by atoms with van der Waals surface area (Å²) in [5.41, 5.74) is 3.33. The van der Waals surface area contributed by atoms with Crippen molar-refractivity contribution in [2.75, 3.05) is 18.4 Å². The predicted octanol–water partition coefficient (Wildman–Crippen LogP) is 2.72. The number of carbonyl (C=O) groups excluding carboxylic acids is 1. The highest BCUT2D eigenvalue weighted by molar-refractivity contribution is 7.16. The Hall–Kier alpha value is -3.26. The maximum atomic E-state index is 12.2. The molecule has 0 aliphatic carbocycles. The second kappa shape index (κ2) is 7.32. The lowest BCUT2D eigenvalue weighted by Gasteiger charge is -2.09. The van der Waals surface area contributed by atoms with E-state index in [4.69, 9.17) is 0 Å². The number of aromatic nitrogens is 4. The van der Waals surface area contributed by atoms with Crippen molar-refractivity contribution in [1.82, 2.24) is 24.8 Å². The highest BCUT2D eigenvalue weighted by Gasteiger charge is 2.07. The summed E-state index contributed by atoms with van der Waals surface area (Å²) in [4.78, 5) is 24.9. The lowest BCUT2D eigenvalue weighted by molar-refractivity contribution is 0.0955. The molecule has 0 saturated heterocycles. The Bertz CT molecular complexity index is 1030. The largest absolute Gasteiger partial charge is 0.368 e. The molecule has 0 saturated carbocycles. The van der Waals surface area contributed by atoms with Crippen LogP contribution in [0.4, 0.5) is 5.82 Å². The van der Waals surface area contributed by atoms with Gasteiger partial charge in [-0.2, -0.15) is 0 Å². The van der Waals surface area contributed by atoms with E-state index in [9.17, 15) is 4.79 Å². The van der Waals surface area contributed by atoms with Crippen LogP contribution in [0.25, 0.3) is 16.0 Å². The molecule has 2 N–H and O–H groups in total. The number of thiazole rings is 1. The number of anilines is 1. The Balaban J connectivity index is 1.31. The SMILES string of the molecule is O=C(NCCNc1cc(-n2cccc2)ncn1)c1ccc2ncsc2c1. The number of nitrogens with one attached hydrogen (secondary N) is 2. The second-order valence-electron chi connectivity index (χ2n) is 5.57. The van der Waals surface area contributed by atoms with Crippen LogP contribution in [0.2, 0.25) is 0 Å². The van der Waals surface area contributed by atoms with E-state index in [1.54, 1.807) is 11.6 Å². The quantitative estimate of drug-likeness (QED) is 0.514. The molecule has 4 aromatic rings. The number of nitrogens with zero attached hydrogens (tertiary/aromatic N) is 4. The van der Waals surface area contributed by atoms with E-state index < -0.39 is 0 Å². The topological polar surface area (TPSA) is 84.7 Å². The molecule has 0 unspecified atom stereocenters. The van der Waals surface area contributed by atoms with Gasteiger partial charge in [0.25, 0.3) is 5.91 Å². The van der Waals surface area contributed by atoms with Crippen LogP contribution in [0, 0.1) is 0 Å². The maximum Gasteiger partial charge on any atom is 0.251 e. The minimum absolute atomic E-state index is 0.0992. The zero-order valence-corrected chi connectivity index (χ0v) is 14.6. The summed E-state index contributed by atoms with van der Waals surface area (Å²) in [5.74, 6) is 1.40. The predicted molar refractivity (Wildman–Crippen MR) is 102 cm³/mol. The average Bonchev–Trinajstić information content (AvgIpc) is 3.36. The van der Waals surface area contributed by atoms with E-state index in [0.717, 1.165) is 16.0 Å². The molecule has 0 radical (unpaired) electrons. The van der Waals surface area contributed by atoms with Gasteiger partial charge in [-0.15, -0.1) is 11.3 Å². The number of carbonyl (C=O) groups is 1. The lowest BCUT2D eigenvalue weighted by Crippen LogP contribution is -2.28. The highest BCUT2D eigenvalue weighted by atomic mass is 32.1. The van der Waals surface area contributed by atoms with Crippen molar-refractivity contribution >= 4 is 33.3 Å². The lowest BCUT2D eigenvalue weighted by atomic mass is 10.2. The van der Waals surface area contributed by atoms with Crippen LogP contribution in [0.3, 0.4) is 0 Å². The Morgan fingerprint density at radius 1 is 1.08 bits per heavy atom. The van der Waals surface area contributed by atoms with Crippen molar-refractivity contribution < 1.29 is 4.79 Å². The summed E-state index contributed by atoms with van der Waals surface area (Å²) in [6.07, 6.45) is 5.36. The number of amides is 1. The standard InChI is InChI=1S/C18H16N6OS/c25-18(13-3-4-14-15(9-13)26-12-23-14)20-6-5-19-16-10-17(22-11-21-16)24-7-1-2-8-24/h1-4,7-12H,5-6H2,(H,20,25)(H,19,21,22). The van der Waals surface area contributed by atoms with Crippen molar-refractivity contribution in [1.29, 1.82) is 0 Å². The summed E-state index contributed by atoms with van der Waals surface area (Å²) in [5, 5.41) is 6.09. The summed E-state index contributed by atoms with van der Waals surface area (Å²) < 4.78 is 2.92. The molecular formula is C18H16N6OS. The zero-order valence-electron chi connectivity index (χ0n) is 13.8. The molecule has 4 rings (SSSR count). The first-order valence-electron chi connectivity index (χ1n) is 8.10. The molecule has 0 bridgehead atoms.